The van der Waals surface area contributed by atoms with E-state index < -0.39 is 0 Å². The summed E-state index contributed by atoms with van der Waals surface area (Å²) < 4.78 is 0. The molecule has 0 aromatic heterocycles. The molecule has 1 fully saturated rings. The van der Waals surface area contributed by atoms with Gasteiger partial charge in [0.1, 0.15) is 0 Å². The van der Waals surface area contributed by atoms with E-state index in [0.29, 0.717) is 6.04 Å². The third-order valence-electron chi connectivity index (χ3n) is 3.04. The molecule has 1 saturated heterocycles. The first-order valence-electron chi connectivity index (χ1n) is 5.90. The van der Waals surface area contributed by atoms with Crippen molar-refractivity contribution >= 4 is 11.8 Å². The Hall–Kier alpha value is -0.510. The Labute approximate surface area is 101 Å². The number of aliphatic hydroxyl groups excluding tert-OH is 1. The van der Waals surface area contributed by atoms with E-state index in [-0.39, 0.29) is 12.6 Å². The fourth-order valence-electron chi connectivity index (χ4n) is 2.09. The molecule has 1 aromatic rings. The average Bonchev–Trinajstić information content (AvgIpc) is 2.38. The summed E-state index contributed by atoms with van der Waals surface area (Å²) in [5.41, 5.74) is 1.18. The van der Waals surface area contributed by atoms with Crippen molar-refractivity contribution in [3.05, 3.63) is 35.9 Å². The highest BCUT2D eigenvalue weighted by Crippen LogP contribution is 2.20. The van der Waals surface area contributed by atoms with Gasteiger partial charge in [-0.2, -0.15) is 11.8 Å². The van der Waals surface area contributed by atoms with Crippen LogP contribution in [-0.2, 0) is 0 Å². The van der Waals surface area contributed by atoms with Gasteiger partial charge in [0.05, 0.1) is 12.6 Å². The van der Waals surface area contributed by atoms with Crippen LogP contribution in [0.15, 0.2) is 30.3 Å². The maximum atomic E-state index is 9.44. The van der Waals surface area contributed by atoms with E-state index in [1.807, 2.05) is 30.0 Å². The first-order valence-corrected chi connectivity index (χ1v) is 7.05. The second-order valence-electron chi connectivity index (χ2n) is 4.20. The Morgan fingerprint density at radius 1 is 1.25 bits per heavy atom. The standard InChI is InChI=1S/C13H19NOS/c15-10-13(11-4-2-1-3-5-11)14-12-6-8-16-9-7-12/h1-5,12-15H,6-10H2. The molecular weight excluding hydrogens is 218 g/mol. The zero-order valence-electron chi connectivity index (χ0n) is 9.43. The number of hydrogen-bond donors (Lipinski definition) is 2. The molecule has 1 unspecified atom stereocenters. The molecule has 16 heavy (non-hydrogen) atoms. The molecule has 1 heterocycles. The van der Waals surface area contributed by atoms with Crippen molar-refractivity contribution in [2.24, 2.45) is 0 Å². The minimum Gasteiger partial charge on any atom is -0.394 e. The van der Waals surface area contributed by atoms with Crippen LogP contribution in [0.2, 0.25) is 0 Å². The lowest BCUT2D eigenvalue weighted by Crippen LogP contribution is -2.37. The topological polar surface area (TPSA) is 32.3 Å². The van der Waals surface area contributed by atoms with Crippen LogP contribution in [0.1, 0.15) is 24.4 Å². The zero-order chi connectivity index (χ0) is 11.2. The fourth-order valence-corrected chi connectivity index (χ4v) is 3.19. The highest BCUT2D eigenvalue weighted by atomic mass is 32.2. The van der Waals surface area contributed by atoms with Crippen molar-refractivity contribution in [2.75, 3.05) is 18.1 Å². The van der Waals surface area contributed by atoms with Crippen LogP contribution in [0, 0.1) is 0 Å². The van der Waals surface area contributed by atoms with E-state index in [1.165, 1.54) is 29.9 Å². The molecule has 88 valence electrons. The summed E-state index contributed by atoms with van der Waals surface area (Å²) in [6.07, 6.45) is 2.43. The fraction of sp³-hybridized carbons (Fsp3) is 0.538. The molecule has 0 aliphatic carbocycles. The van der Waals surface area contributed by atoms with Crippen LogP contribution >= 0.6 is 11.8 Å². The highest BCUT2D eigenvalue weighted by molar-refractivity contribution is 7.99. The number of thioether (sulfide) groups is 1. The molecule has 0 saturated carbocycles. The molecule has 0 spiro atoms. The summed E-state index contributed by atoms with van der Waals surface area (Å²) in [5.74, 6) is 2.48. The van der Waals surface area contributed by atoms with E-state index in [4.69, 9.17) is 0 Å². The largest absolute Gasteiger partial charge is 0.394 e. The molecule has 0 bridgehead atoms. The zero-order valence-corrected chi connectivity index (χ0v) is 10.2. The van der Waals surface area contributed by atoms with E-state index in [9.17, 15) is 5.11 Å². The molecule has 1 aromatic carbocycles. The SMILES string of the molecule is OCC(NC1CCSCC1)c1ccccc1. The lowest BCUT2D eigenvalue weighted by atomic mass is 10.0. The van der Waals surface area contributed by atoms with E-state index in [1.54, 1.807) is 0 Å². The van der Waals surface area contributed by atoms with Gasteiger partial charge in [0.15, 0.2) is 0 Å². The first kappa shape index (κ1) is 12.0. The number of benzene rings is 1. The summed E-state index contributed by atoms with van der Waals surface area (Å²) in [4.78, 5) is 0. The average molecular weight is 237 g/mol. The second-order valence-corrected chi connectivity index (χ2v) is 5.42. The maximum absolute atomic E-state index is 9.44. The van der Waals surface area contributed by atoms with Crippen molar-refractivity contribution in [3.63, 3.8) is 0 Å². The van der Waals surface area contributed by atoms with Crippen LogP contribution in [-0.4, -0.2) is 29.3 Å². The van der Waals surface area contributed by atoms with E-state index in [2.05, 4.69) is 17.4 Å². The monoisotopic (exact) mass is 237 g/mol. The molecule has 0 amide bonds. The number of aliphatic hydroxyl groups is 1. The predicted molar refractivity (Wildman–Crippen MR) is 69.8 cm³/mol. The Bertz CT molecular complexity index is 298. The van der Waals surface area contributed by atoms with Gasteiger partial charge in [-0.1, -0.05) is 30.3 Å². The Kier molecular flexibility index (Phi) is 4.69. The Morgan fingerprint density at radius 2 is 1.94 bits per heavy atom. The van der Waals surface area contributed by atoms with E-state index in [0.717, 1.165) is 0 Å². The summed E-state index contributed by atoms with van der Waals surface area (Å²) in [6, 6.07) is 10.9. The predicted octanol–water partition coefficient (Wildman–Crippen LogP) is 2.21. The van der Waals surface area contributed by atoms with Gasteiger partial charge in [0.25, 0.3) is 0 Å². The molecule has 1 aliphatic rings. The highest BCUT2D eigenvalue weighted by Gasteiger charge is 2.18. The van der Waals surface area contributed by atoms with Crippen LogP contribution in [0.4, 0.5) is 0 Å². The minimum absolute atomic E-state index is 0.0919. The van der Waals surface area contributed by atoms with Crippen LogP contribution in [0.5, 0.6) is 0 Å². The van der Waals surface area contributed by atoms with Crippen molar-refractivity contribution < 1.29 is 5.11 Å². The van der Waals surface area contributed by atoms with E-state index >= 15 is 0 Å². The van der Waals surface area contributed by atoms with Crippen molar-refractivity contribution in [1.82, 2.24) is 5.32 Å². The molecule has 1 atom stereocenters. The van der Waals surface area contributed by atoms with Crippen molar-refractivity contribution in [1.29, 1.82) is 0 Å². The smallest absolute Gasteiger partial charge is 0.0626 e. The van der Waals surface area contributed by atoms with Gasteiger partial charge in [-0.25, -0.2) is 0 Å². The second kappa shape index (κ2) is 6.28. The van der Waals surface area contributed by atoms with Crippen LogP contribution in [0.25, 0.3) is 0 Å². The Morgan fingerprint density at radius 3 is 2.56 bits per heavy atom. The molecule has 2 N–H and O–H groups in total. The Balaban J connectivity index is 1.94. The van der Waals surface area contributed by atoms with Gasteiger partial charge in [0.2, 0.25) is 0 Å². The van der Waals surface area contributed by atoms with Crippen LogP contribution < -0.4 is 5.32 Å². The van der Waals surface area contributed by atoms with Crippen LogP contribution in [0.3, 0.4) is 0 Å². The van der Waals surface area contributed by atoms with Gasteiger partial charge in [0, 0.05) is 6.04 Å². The third kappa shape index (κ3) is 3.24. The summed E-state index contributed by atoms with van der Waals surface area (Å²) in [6.45, 7) is 0.174. The lowest BCUT2D eigenvalue weighted by molar-refractivity contribution is 0.230. The van der Waals surface area contributed by atoms with Crippen molar-refractivity contribution in [3.8, 4) is 0 Å². The quantitative estimate of drug-likeness (QED) is 0.842. The van der Waals surface area contributed by atoms with Gasteiger partial charge >= 0.3 is 0 Å². The molecule has 3 heteroatoms. The van der Waals surface area contributed by atoms with Gasteiger partial charge < -0.3 is 10.4 Å². The molecule has 0 radical (unpaired) electrons. The normalized spacial score (nSPS) is 19.6. The van der Waals surface area contributed by atoms with Gasteiger partial charge in [-0.3, -0.25) is 0 Å². The summed E-state index contributed by atoms with van der Waals surface area (Å²) in [7, 11) is 0. The summed E-state index contributed by atoms with van der Waals surface area (Å²) in [5, 5.41) is 13.0. The third-order valence-corrected chi connectivity index (χ3v) is 4.09. The van der Waals surface area contributed by atoms with Crippen molar-refractivity contribution in [2.45, 2.75) is 24.9 Å². The first-order chi connectivity index (χ1) is 7.90. The molecule has 2 nitrogen and oxygen atoms in total. The minimum atomic E-state index is 0.0919. The number of rotatable bonds is 4. The lowest BCUT2D eigenvalue weighted by Gasteiger charge is -2.27. The molecule has 1 aliphatic heterocycles. The maximum Gasteiger partial charge on any atom is 0.0626 e. The molecule has 2 rings (SSSR count). The summed E-state index contributed by atoms with van der Waals surface area (Å²) >= 11 is 2.03. The number of nitrogens with one attached hydrogen (secondary N) is 1. The molecular formula is C13H19NOS. The van der Waals surface area contributed by atoms with Gasteiger partial charge in [-0.05, 0) is 29.9 Å². The number of hydrogen-bond acceptors (Lipinski definition) is 3. The van der Waals surface area contributed by atoms with Gasteiger partial charge in [-0.15, -0.1) is 0 Å².